The first kappa shape index (κ1) is 24.0. The van der Waals surface area contributed by atoms with E-state index >= 15 is 0 Å². The number of aliphatic hydroxyl groups is 1. The van der Waals surface area contributed by atoms with Gasteiger partial charge in [0.25, 0.3) is 5.56 Å². The van der Waals surface area contributed by atoms with Crippen molar-refractivity contribution in [3.05, 3.63) is 79.6 Å². The standard InChI is InChI=1S/C25H26ClN7O3/c1-15-12-17(6-7-20(15)32-10-8-31(2)9-11-32)28-24-27-13-18-22(29-24)30-25(36)33(23(18)35)21-16(14-34)4-3-5-19(21)26/h3-7,12-13,34H,8-11,14H2,1-2H3,(H2,27,28,29,30,36). The summed E-state index contributed by atoms with van der Waals surface area (Å²) in [4.78, 5) is 42.0. The van der Waals surface area contributed by atoms with Crippen LogP contribution >= 0.6 is 11.6 Å². The smallest absolute Gasteiger partial charge is 0.334 e. The predicted octanol–water partition coefficient (Wildman–Crippen LogP) is 2.42. The molecular formula is C25H26ClN7O3. The highest BCUT2D eigenvalue weighted by Crippen LogP contribution is 2.26. The molecule has 2 aromatic carbocycles. The fraction of sp³-hybridized carbons (Fsp3) is 0.280. The largest absolute Gasteiger partial charge is 0.392 e. The molecule has 0 radical (unpaired) electrons. The second-order valence-electron chi connectivity index (χ2n) is 8.85. The number of benzene rings is 2. The molecular weight excluding hydrogens is 482 g/mol. The first-order chi connectivity index (χ1) is 17.4. The van der Waals surface area contributed by atoms with Crippen LogP contribution in [0.1, 0.15) is 11.1 Å². The number of aromatic nitrogens is 4. The lowest BCUT2D eigenvalue weighted by Crippen LogP contribution is -2.44. The molecule has 1 saturated heterocycles. The summed E-state index contributed by atoms with van der Waals surface area (Å²) in [7, 11) is 2.13. The third kappa shape index (κ3) is 4.46. The van der Waals surface area contributed by atoms with Crippen LogP contribution in [0.25, 0.3) is 16.7 Å². The number of hydrogen-bond acceptors (Lipinski definition) is 8. The number of halogens is 1. The molecule has 0 spiro atoms. The van der Waals surface area contributed by atoms with Gasteiger partial charge in [-0.15, -0.1) is 0 Å². The fourth-order valence-corrected chi connectivity index (χ4v) is 4.75. The van der Waals surface area contributed by atoms with Crippen LogP contribution in [0.15, 0.2) is 52.2 Å². The number of nitrogens with one attached hydrogen (secondary N) is 2. The van der Waals surface area contributed by atoms with Gasteiger partial charge in [0.05, 0.1) is 17.3 Å². The minimum atomic E-state index is -0.715. The Bertz CT molecular complexity index is 1560. The van der Waals surface area contributed by atoms with Crippen LogP contribution in [0.4, 0.5) is 17.3 Å². The summed E-state index contributed by atoms with van der Waals surface area (Å²) in [5, 5.41) is 13.1. The maximum absolute atomic E-state index is 13.2. The van der Waals surface area contributed by atoms with Crippen molar-refractivity contribution in [3.8, 4) is 5.69 Å². The molecule has 11 heteroatoms. The molecule has 4 aromatic rings. The zero-order valence-corrected chi connectivity index (χ0v) is 20.7. The summed E-state index contributed by atoms with van der Waals surface area (Å²) in [5.74, 6) is 0.246. The molecule has 10 nitrogen and oxygen atoms in total. The highest BCUT2D eigenvalue weighted by atomic mass is 35.5. The number of fused-ring (bicyclic) bond motifs is 1. The van der Waals surface area contributed by atoms with Gasteiger partial charge in [0.1, 0.15) is 5.39 Å². The number of nitrogens with zero attached hydrogens (tertiary/aromatic N) is 5. The van der Waals surface area contributed by atoms with Crippen LogP contribution in [0, 0.1) is 6.92 Å². The summed E-state index contributed by atoms with van der Waals surface area (Å²) in [6, 6.07) is 10.8. The molecule has 2 aromatic heterocycles. The van der Waals surface area contributed by atoms with E-state index in [4.69, 9.17) is 11.6 Å². The van der Waals surface area contributed by atoms with Gasteiger partial charge in [0, 0.05) is 49.3 Å². The zero-order chi connectivity index (χ0) is 25.4. The van der Waals surface area contributed by atoms with Crippen LogP contribution in [0.2, 0.25) is 5.02 Å². The molecule has 0 bridgehead atoms. The van der Waals surface area contributed by atoms with Gasteiger partial charge < -0.3 is 20.2 Å². The van der Waals surface area contributed by atoms with E-state index in [0.29, 0.717) is 5.56 Å². The number of anilines is 3. The van der Waals surface area contributed by atoms with Crippen LogP contribution in [-0.4, -0.2) is 62.8 Å². The highest BCUT2D eigenvalue weighted by molar-refractivity contribution is 6.32. The number of aromatic amines is 1. The van der Waals surface area contributed by atoms with E-state index in [1.54, 1.807) is 18.2 Å². The summed E-state index contributed by atoms with van der Waals surface area (Å²) >= 11 is 6.26. The van der Waals surface area contributed by atoms with E-state index < -0.39 is 11.2 Å². The van der Waals surface area contributed by atoms with Crippen LogP contribution in [0.3, 0.4) is 0 Å². The molecule has 0 amide bonds. The van der Waals surface area contributed by atoms with E-state index in [0.717, 1.165) is 42.0 Å². The van der Waals surface area contributed by atoms with Gasteiger partial charge in [-0.2, -0.15) is 4.98 Å². The van der Waals surface area contributed by atoms with Gasteiger partial charge in [-0.25, -0.2) is 14.3 Å². The van der Waals surface area contributed by atoms with Gasteiger partial charge in [-0.3, -0.25) is 9.78 Å². The van der Waals surface area contributed by atoms with Crippen molar-refractivity contribution in [2.24, 2.45) is 0 Å². The first-order valence-corrected chi connectivity index (χ1v) is 12.0. The third-order valence-electron chi connectivity index (χ3n) is 6.41. The minimum Gasteiger partial charge on any atom is -0.392 e. The van der Waals surface area contributed by atoms with Crippen molar-refractivity contribution < 1.29 is 5.11 Å². The number of aryl methyl sites for hydroxylation is 1. The number of hydrogen-bond donors (Lipinski definition) is 3. The molecule has 5 rings (SSSR count). The number of rotatable bonds is 5. The Kier molecular flexibility index (Phi) is 6.48. The molecule has 0 unspecified atom stereocenters. The highest BCUT2D eigenvalue weighted by Gasteiger charge is 2.18. The second-order valence-corrected chi connectivity index (χ2v) is 9.26. The SMILES string of the molecule is Cc1cc(Nc2ncc3c(=O)n(-c4c(Cl)cccc4CO)c(=O)[nH]c3n2)ccc1N1CCN(C)CC1. The average Bonchev–Trinajstić information content (AvgIpc) is 2.85. The summed E-state index contributed by atoms with van der Waals surface area (Å²) in [6.07, 6.45) is 1.36. The van der Waals surface area contributed by atoms with E-state index in [2.05, 4.69) is 50.1 Å². The van der Waals surface area contributed by atoms with E-state index in [9.17, 15) is 14.7 Å². The summed E-state index contributed by atoms with van der Waals surface area (Å²) in [5.41, 5.74) is 2.35. The Balaban J connectivity index is 1.46. The van der Waals surface area contributed by atoms with Gasteiger partial charge in [0.15, 0.2) is 5.65 Å². The second kappa shape index (κ2) is 9.73. The van der Waals surface area contributed by atoms with Crippen molar-refractivity contribution in [3.63, 3.8) is 0 Å². The van der Waals surface area contributed by atoms with E-state index in [1.807, 2.05) is 12.1 Å². The lowest BCUT2D eigenvalue weighted by Gasteiger charge is -2.35. The van der Waals surface area contributed by atoms with Crippen molar-refractivity contribution in [2.75, 3.05) is 43.4 Å². The molecule has 36 heavy (non-hydrogen) atoms. The number of H-pyrrole nitrogens is 1. The number of likely N-dealkylation sites (N-methyl/N-ethyl adjacent to an activating group) is 1. The number of aliphatic hydroxyl groups excluding tert-OH is 1. The lowest BCUT2D eigenvalue weighted by molar-refractivity contribution is 0.281. The summed E-state index contributed by atoms with van der Waals surface area (Å²) in [6.45, 7) is 5.71. The molecule has 1 aliphatic rings. The lowest BCUT2D eigenvalue weighted by atomic mass is 10.1. The Hall–Kier alpha value is -3.73. The van der Waals surface area contributed by atoms with Gasteiger partial charge in [-0.05, 0) is 43.8 Å². The first-order valence-electron chi connectivity index (χ1n) is 11.6. The molecule has 186 valence electrons. The number of para-hydroxylation sites is 1. The van der Waals surface area contributed by atoms with E-state index in [-0.39, 0.29) is 34.3 Å². The average molecular weight is 508 g/mol. The Morgan fingerprint density at radius 2 is 1.92 bits per heavy atom. The van der Waals surface area contributed by atoms with Crippen molar-refractivity contribution in [2.45, 2.75) is 13.5 Å². The fourth-order valence-electron chi connectivity index (χ4n) is 4.47. The maximum atomic E-state index is 13.2. The Morgan fingerprint density at radius 1 is 1.14 bits per heavy atom. The van der Waals surface area contributed by atoms with Gasteiger partial charge in [0.2, 0.25) is 5.95 Å². The van der Waals surface area contributed by atoms with Crippen LogP contribution in [-0.2, 0) is 6.61 Å². The quantitative estimate of drug-likeness (QED) is 0.377. The minimum absolute atomic E-state index is 0.0992. The van der Waals surface area contributed by atoms with Crippen molar-refractivity contribution in [1.29, 1.82) is 0 Å². The normalized spacial score (nSPS) is 14.4. The monoisotopic (exact) mass is 507 g/mol. The van der Waals surface area contributed by atoms with Crippen LogP contribution < -0.4 is 21.5 Å². The zero-order valence-electron chi connectivity index (χ0n) is 20.0. The Labute approximate surface area is 211 Å². The van der Waals surface area contributed by atoms with Crippen LogP contribution in [0.5, 0.6) is 0 Å². The molecule has 0 saturated carbocycles. The Morgan fingerprint density at radius 3 is 2.64 bits per heavy atom. The molecule has 1 aliphatic heterocycles. The van der Waals surface area contributed by atoms with Crippen molar-refractivity contribution >= 4 is 40.0 Å². The predicted molar refractivity (Wildman–Crippen MR) is 141 cm³/mol. The van der Waals surface area contributed by atoms with Crippen molar-refractivity contribution in [1.82, 2.24) is 24.4 Å². The van der Waals surface area contributed by atoms with E-state index in [1.165, 1.54) is 11.9 Å². The molecule has 3 N–H and O–H groups in total. The topological polar surface area (TPSA) is 119 Å². The van der Waals surface area contributed by atoms with Gasteiger partial charge >= 0.3 is 5.69 Å². The molecule has 1 fully saturated rings. The molecule has 3 heterocycles. The maximum Gasteiger partial charge on any atom is 0.334 e. The molecule has 0 aliphatic carbocycles. The number of piperazine rings is 1. The third-order valence-corrected chi connectivity index (χ3v) is 6.72. The molecule has 0 atom stereocenters. The van der Waals surface area contributed by atoms with Gasteiger partial charge in [-0.1, -0.05) is 23.7 Å². The summed E-state index contributed by atoms with van der Waals surface area (Å²) < 4.78 is 0.896.